The SMILES string of the molecule is CN(CCCNc1ncc2cc(-c3c(F)ccc(NS(=O)(=O)N4CC[C@@H](F)C4)c3F)c(=O)n(C)c2n1)C(=O)OC(C)(C)C. The average molecular weight is 626 g/mol. The van der Waals surface area contributed by atoms with E-state index in [4.69, 9.17) is 4.74 Å². The Bertz CT molecular complexity index is 1690. The van der Waals surface area contributed by atoms with Crippen LogP contribution >= 0.6 is 0 Å². The number of alkyl halides is 1. The van der Waals surface area contributed by atoms with Gasteiger partial charge >= 0.3 is 16.3 Å². The molecular weight excluding hydrogens is 591 g/mol. The summed E-state index contributed by atoms with van der Waals surface area (Å²) in [5.74, 6) is -2.19. The van der Waals surface area contributed by atoms with E-state index in [9.17, 15) is 26.8 Å². The van der Waals surface area contributed by atoms with Crippen LogP contribution in [-0.2, 0) is 22.0 Å². The number of pyridine rings is 1. The van der Waals surface area contributed by atoms with Gasteiger partial charge in [-0.25, -0.2) is 22.9 Å². The first-order valence-electron chi connectivity index (χ1n) is 13.5. The van der Waals surface area contributed by atoms with Gasteiger partial charge in [0.15, 0.2) is 5.82 Å². The third-order valence-corrected chi connectivity index (χ3v) is 8.13. The van der Waals surface area contributed by atoms with Crippen LogP contribution in [0.4, 0.5) is 29.6 Å². The van der Waals surface area contributed by atoms with E-state index in [0.29, 0.717) is 24.9 Å². The Morgan fingerprint density at radius 3 is 2.63 bits per heavy atom. The Hall–Kier alpha value is -3.92. The van der Waals surface area contributed by atoms with E-state index < -0.39 is 56.5 Å². The molecule has 1 saturated heterocycles. The Morgan fingerprint density at radius 2 is 1.98 bits per heavy atom. The normalized spacial score (nSPS) is 16.0. The predicted molar refractivity (Wildman–Crippen MR) is 156 cm³/mol. The zero-order valence-electron chi connectivity index (χ0n) is 24.4. The number of carbonyl (C=O) groups excluding carboxylic acids is 1. The maximum Gasteiger partial charge on any atom is 0.410 e. The van der Waals surface area contributed by atoms with Gasteiger partial charge in [-0.2, -0.15) is 17.7 Å². The molecule has 0 spiro atoms. The summed E-state index contributed by atoms with van der Waals surface area (Å²) in [6.07, 6.45) is 0.145. The predicted octanol–water partition coefficient (Wildman–Crippen LogP) is 3.64. The standard InChI is InChI=1S/C27H34F3N7O5S/c1-27(2,3)42-26(39)35(4)11-6-10-31-25-32-14-16-13-18(24(38)36(5)23(16)33-25)21-19(29)7-8-20(22(21)30)34-43(40,41)37-12-9-17(28)15-37/h7-8,13-14,17,34H,6,9-12,15H2,1-5H3,(H,31,32,33)/t17-/m1/s1. The lowest BCUT2D eigenvalue weighted by molar-refractivity contribution is 0.0298. The lowest BCUT2D eigenvalue weighted by atomic mass is 10.0. The van der Waals surface area contributed by atoms with Crippen molar-refractivity contribution in [1.29, 1.82) is 0 Å². The number of aryl methyl sites for hydroxylation is 1. The molecule has 2 N–H and O–H groups in total. The summed E-state index contributed by atoms with van der Waals surface area (Å²) in [6, 6.07) is 2.96. The topological polar surface area (TPSA) is 139 Å². The van der Waals surface area contributed by atoms with Crippen LogP contribution in [0.2, 0.25) is 0 Å². The number of fused-ring (bicyclic) bond motifs is 1. The zero-order valence-corrected chi connectivity index (χ0v) is 25.3. The Kier molecular flexibility index (Phi) is 9.20. The summed E-state index contributed by atoms with van der Waals surface area (Å²) in [5, 5.41) is 3.31. The summed E-state index contributed by atoms with van der Waals surface area (Å²) < 4.78 is 78.6. The number of halogens is 3. The number of hydrogen-bond acceptors (Lipinski definition) is 8. The molecule has 43 heavy (non-hydrogen) atoms. The molecular formula is C27H34F3N7O5S. The number of benzene rings is 1. The molecule has 234 valence electrons. The van der Waals surface area contributed by atoms with Crippen molar-refractivity contribution in [3.05, 3.63) is 46.4 Å². The van der Waals surface area contributed by atoms with Gasteiger partial charge in [-0.05, 0) is 51.8 Å². The Morgan fingerprint density at radius 1 is 1.26 bits per heavy atom. The molecule has 1 amide bonds. The van der Waals surface area contributed by atoms with E-state index in [0.717, 1.165) is 21.0 Å². The Balaban J connectivity index is 1.53. The smallest absolute Gasteiger partial charge is 0.410 e. The van der Waals surface area contributed by atoms with Crippen LogP contribution in [0.5, 0.6) is 0 Å². The molecule has 1 aliphatic heterocycles. The fraction of sp³-hybridized carbons (Fsp3) is 0.481. The number of nitrogens with zero attached hydrogens (tertiary/aromatic N) is 5. The van der Waals surface area contributed by atoms with Gasteiger partial charge < -0.3 is 15.0 Å². The second kappa shape index (κ2) is 12.4. The molecule has 0 radical (unpaired) electrons. The monoisotopic (exact) mass is 625 g/mol. The van der Waals surface area contributed by atoms with Crippen molar-refractivity contribution in [2.45, 2.75) is 45.4 Å². The van der Waals surface area contributed by atoms with E-state index in [1.54, 1.807) is 27.8 Å². The van der Waals surface area contributed by atoms with Crippen molar-refractivity contribution in [3.63, 3.8) is 0 Å². The largest absolute Gasteiger partial charge is 0.444 e. The second-order valence-electron chi connectivity index (χ2n) is 11.2. The highest BCUT2D eigenvalue weighted by atomic mass is 32.2. The number of aromatic nitrogens is 3. The maximum atomic E-state index is 15.6. The minimum atomic E-state index is -4.32. The van der Waals surface area contributed by atoms with Crippen molar-refractivity contribution in [2.24, 2.45) is 7.05 Å². The number of ether oxygens (including phenoxy) is 1. The molecule has 16 heteroatoms. The van der Waals surface area contributed by atoms with Gasteiger partial charge in [0.05, 0.1) is 16.8 Å². The first kappa shape index (κ1) is 32.0. The van der Waals surface area contributed by atoms with Crippen LogP contribution in [0.25, 0.3) is 22.2 Å². The molecule has 1 aliphatic rings. The third-order valence-electron chi connectivity index (χ3n) is 6.64. The lowest BCUT2D eigenvalue weighted by Crippen LogP contribution is -2.35. The fourth-order valence-electron chi connectivity index (χ4n) is 4.45. The van der Waals surface area contributed by atoms with Crippen molar-refractivity contribution in [1.82, 2.24) is 23.7 Å². The van der Waals surface area contributed by atoms with E-state index in [-0.39, 0.29) is 36.7 Å². The quantitative estimate of drug-likeness (QED) is 0.344. The molecule has 0 saturated carbocycles. The maximum absolute atomic E-state index is 15.6. The highest BCUT2D eigenvalue weighted by molar-refractivity contribution is 7.90. The molecule has 1 fully saturated rings. The third kappa shape index (κ3) is 7.36. The molecule has 0 bridgehead atoms. The summed E-state index contributed by atoms with van der Waals surface area (Å²) in [4.78, 5) is 35.4. The first-order chi connectivity index (χ1) is 20.1. The summed E-state index contributed by atoms with van der Waals surface area (Å²) in [5.41, 5.74) is -2.90. The van der Waals surface area contributed by atoms with Gasteiger partial charge in [-0.1, -0.05) is 0 Å². The number of amides is 1. The van der Waals surface area contributed by atoms with E-state index >= 15 is 4.39 Å². The van der Waals surface area contributed by atoms with Gasteiger partial charge in [0.25, 0.3) is 5.56 Å². The van der Waals surface area contributed by atoms with Gasteiger partial charge in [0, 0.05) is 51.9 Å². The van der Waals surface area contributed by atoms with Gasteiger partial charge in [-0.15, -0.1) is 0 Å². The number of rotatable bonds is 9. The van der Waals surface area contributed by atoms with E-state index in [1.165, 1.54) is 24.2 Å². The second-order valence-corrected chi connectivity index (χ2v) is 12.9. The summed E-state index contributed by atoms with van der Waals surface area (Å²) in [7, 11) is -1.32. The number of anilines is 2. The van der Waals surface area contributed by atoms with Crippen LogP contribution < -0.4 is 15.6 Å². The highest BCUT2D eigenvalue weighted by Gasteiger charge is 2.32. The Labute approximate surface area is 247 Å². The average Bonchev–Trinajstić information content (AvgIpc) is 3.37. The van der Waals surface area contributed by atoms with Crippen LogP contribution in [0.15, 0.2) is 29.2 Å². The van der Waals surface area contributed by atoms with Crippen LogP contribution in [0, 0.1) is 11.6 Å². The van der Waals surface area contributed by atoms with Crippen LogP contribution in [0.3, 0.4) is 0 Å². The molecule has 4 rings (SSSR count). The summed E-state index contributed by atoms with van der Waals surface area (Å²) in [6.45, 7) is 5.67. The molecule has 12 nitrogen and oxygen atoms in total. The van der Waals surface area contributed by atoms with Gasteiger partial charge in [-0.3, -0.25) is 14.1 Å². The van der Waals surface area contributed by atoms with Gasteiger partial charge in [0.1, 0.15) is 23.2 Å². The van der Waals surface area contributed by atoms with Crippen LogP contribution in [-0.4, -0.2) is 83.3 Å². The fourth-order valence-corrected chi connectivity index (χ4v) is 5.71. The van der Waals surface area contributed by atoms with Crippen molar-refractivity contribution in [3.8, 4) is 11.1 Å². The number of hydrogen-bond donors (Lipinski definition) is 2. The highest BCUT2D eigenvalue weighted by Crippen LogP contribution is 2.31. The van der Waals surface area contributed by atoms with Crippen molar-refractivity contribution < 1.29 is 31.1 Å². The van der Waals surface area contributed by atoms with E-state index in [1.807, 2.05) is 4.72 Å². The molecule has 1 atom stereocenters. The van der Waals surface area contributed by atoms with Crippen molar-refractivity contribution >= 4 is 39.0 Å². The molecule has 0 aliphatic carbocycles. The zero-order chi connectivity index (χ0) is 31.7. The van der Waals surface area contributed by atoms with Gasteiger partial charge in [0.2, 0.25) is 5.95 Å². The molecule has 3 aromatic rings. The number of nitrogens with one attached hydrogen (secondary N) is 2. The minimum Gasteiger partial charge on any atom is -0.444 e. The van der Waals surface area contributed by atoms with Crippen LogP contribution in [0.1, 0.15) is 33.6 Å². The van der Waals surface area contributed by atoms with Crippen molar-refractivity contribution in [2.75, 3.05) is 43.3 Å². The molecule has 2 aromatic heterocycles. The number of carbonyl (C=O) groups is 1. The minimum absolute atomic E-state index is 0.00986. The summed E-state index contributed by atoms with van der Waals surface area (Å²) >= 11 is 0. The molecule has 0 unspecified atom stereocenters. The first-order valence-corrected chi connectivity index (χ1v) is 15.0. The molecule has 3 heterocycles. The van der Waals surface area contributed by atoms with E-state index in [2.05, 4.69) is 15.3 Å². The lowest BCUT2D eigenvalue weighted by Gasteiger charge is -2.24. The molecule has 1 aromatic carbocycles.